The van der Waals surface area contributed by atoms with Crippen molar-refractivity contribution in [1.29, 1.82) is 0 Å². The highest BCUT2D eigenvalue weighted by molar-refractivity contribution is 5.82. The number of pyridine rings is 1. The van der Waals surface area contributed by atoms with Gasteiger partial charge in [-0.05, 0) is 55.5 Å². The van der Waals surface area contributed by atoms with E-state index < -0.39 is 0 Å². The van der Waals surface area contributed by atoms with Crippen LogP contribution in [0.2, 0.25) is 0 Å². The summed E-state index contributed by atoms with van der Waals surface area (Å²) in [5.74, 6) is 2.22. The van der Waals surface area contributed by atoms with Crippen LogP contribution in [0.1, 0.15) is 43.0 Å². The van der Waals surface area contributed by atoms with E-state index in [1.165, 1.54) is 0 Å². The number of nitrogens with zero attached hydrogens (tertiary/aromatic N) is 4. The summed E-state index contributed by atoms with van der Waals surface area (Å²) in [5.41, 5.74) is 2.66. The first-order valence-electron chi connectivity index (χ1n) is 12.1. The van der Waals surface area contributed by atoms with Crippen LogP contribution in [-0.2, 0) is 16.0 Å². The molecule has 2 aliphatic rings. The smallest absolute Gasteiger partial charge is 0.227 e. The normalized spacial score (nSPS) is 19.4. The maximum absolute atomic E-state index is 13.3. The minimum Gasteiger partial charge on any atom is -0.497 e. The summed E-state index contributed by atoms with van der Waals surface area (Å²) in [6, 6.07) is 11.5. The Hall–Kier alpha value is -3.42. The van der Waals surface area contributed by atoms with E-state index in [1.54, 1.807) is 13.3 Å². The lowest BCUT2D eigenvalue weighted by Crippen LogP contribution is -2.48. The Morgan fingerprint density at radius 1 is 1.06 bits per heavy atom. The van der Waals surface area contributed by atoms with Gasteiger partial charge in [0.25, 0.3) is 0 Å². The van der Waals surface area contributed by atoms with E-state index in [-0.39, 0.29) is 17.7 Å². The van der Waals surface area contributed by atoms with Gasteiger partial charge in [0.05, 0.1) is 25.0 Å². The second-order valence-corrected chi connectivity index (χ2v) is 9.30. The number of amides is 2. The number of aromatic nitrogens is 3. The van der Waals surface area contributed by atoms with E-state index in [0.29, 0.717) is 18.9 Å². The fraction of sp³-hybridized carbons (Fsp3) is 0.462. The zero-order valence-corrected chi connectivity index (χ0v) is 19.6. The third-order valence-corrected chi connectivity index (χ3v) is 7.11. The van der Waals surface area contributed by atoms with Crippen LogP contribution in [0.25, 0.3) is 11.2 Å². The quantitative estimate of drug-likeness (QED) is 0.630. The molecule has 0 saturated carbocycles. The number of rotatable bonds is 5. The molecule has 178 valence electrons. The molecule has 0 radical (unpaired) electrons. The molecule has 2 amide bonds. The minimum absolute atomic E-state index is 0.0832. The summed E-state index contributed by atoms with van der Waals surface area (Å²) < 4.78 is 5.19. The van der Waals surface area contributed by atoms with Crippen molar-refractivity contribution >= 4 is 23.0 Å². The van der Waals surface area contributed by atoms with Crippen LogP contribution in [0.4, 0.5) is 0 Å². The molecule has 0 bridgehead atoms. The number of fused-ring (bicyclic) bond motifs is 1. The summed E-state index contributed by atoms with van der Waals surface area (Å²) in [6.07, 6.45) is 5.59. The lowest BCUT2D eigenvalue weighted by atomic mass is 9.92. The van der Waals surface area contributed by atoms with Crippen LogP contribution in [-0.4, -0.2) is 69.9 Å². The molecule has 0 spiro atoms. The Labute approximate surface area is 199 Å². The van der Waals surface area contributed by atoms with E-state index in [9.17, 15) is 9.59 Å². The predicted octanol–water partition coefficient (Wildman–Crippen LogP) is 3.15. The van der Waals surface area contributed by atoms with Gasteiger partial charge in [-0.25, -0.2) is 9.97 Å². The first kappa shape index (κ1) is 22.4. The molecule has 1 atom stereocenters. The molecule has 2 saturated heterocycles. The van der Waals surface area contributed by atoms with Crippen molar-refractivity contribution in [2.45, 2.75) is 38.0 Å². The maximum Gasteiger partial charge on any atom is 0.227 e. The molecule has 34 heavy (non-hydrogen) atoms. The maximum atomic E-state index is 13.3. The van der Waals surface area contributed by atoms with Crippen LogP contribution in [0.3, 0.4) is 0 Å². The van der Waals surface area contributed by atoms with E-state index in [1.807, 2.05) is 46.2 Å². The topological polar surface area (TPSA) is 91.4 Å². The zero-order chi connectivity index (χ0) is 23.5. The largest absolute Gasteiger partial charge is 0.497 e. The number of carbonyl (C=O) groups is 2. The van der Waals surface area contributed by atoms with E-state index >= 15 is 0 Å². The number of imidazole rings is 1. The molecule has 8 heteroatoms. The SMILES string of the molecule is COc1ccc(CC(=O)N2CCCC(C(=O)N3CCC(c4nc5ncccc5[nH]4)CC3)C2)cc1. The molecule has 2 aliphatic heterocycles. The van der Waals surface area contributed by atoms with Gasteiger partial charge in [0.1, 0.15) is 11.6 Å². The molecule has 5 rings (SSSR count). The van der Waals surface area contributed by atoms with Crippen LogP contribution < -0.4 is 4.74 Å². The highest BCUT2D eigenvalue weighted by Crippen LogP contribution is 2.29. The van der Waals surface area contributed by atoms with Crippen molar-refractivity contribution in [3.63, 3.8) is 0 Å². The monoisotopic (exact) mass is 461 g/mol. The number of nitrogens with one attached hydrogen (secondary N) is 1. The highest BCUT2D eigenvalue weighted by atomic mass is 16.5. The summed E-state index contributed by atoms with van der Waals surface area (Å²) in [7, 11) is 1.63. The molecule has 4 heterocycles. The van der Waals surface area contributed by atoms with Crippen LogP contribution in [0.15, 0.2) is 42.6 Å². The molecular weight excluding hydrogens is 430 g/mol. The number of likely N-dealkylation sites (tertiary alicyclic amines) is 2. The molecule has 1 N–H and O–H groups in total. The van der Waals surface area contributed by atoms with Gasteiger partial charge >= 0.3 is 0 Å². The van der Waals surface area contributed by atoms with Gasteiger partial charge in [0, 0.05) is 38.3 Å². The zero-order valence-electron chi connectivity index (χ0n) is 19.6. The summed E-state index contributed by atoms with van der Waals surface area (Å²) in [5, 5.41) is 0. The average Bonchev–Trinajstić information content (AvgIpc) is 3.33. The Morgan fingerprint density at radius 2 is 1.85 bits per heavy atom. The summed E-state index contributed by atoms with van der Waals surface area (Å²) in [4.78, 5) is 42.4. The average molecular weight is 462 g/mol. The number of hydrogen-bond acceptors (Lipinski definition) is 5. The number of benzene rings is 1. The second-order valence-electron chi connectivity index (χ2n) is 9.30. The number of aromatic amines is 1. The molecule has 2 aromatic heterocycles. The third kappa shape index (κ3) is 4.76. The van der Waals surface area contributed by atoms with Gasteiger partial charge in [-0.2, -0.15) is 0 Å². The predicted molar refractivity (Wildman–Crippen MR) is 128 cm³/mol. The van der Waals surface area contributed by atoms with Gasteiger partial charge in [-0.3, -0.25) is 9.59 Å². The van der Waals surface area contributed by atoms with Gasteiger partial charge in [0.2, 0.25) is 11.8 Å². The Bertz CT molecular complexity index is 1120. The first-order chi connectivity index (χ1) is 16.6. The van der Waals surface area contributed by atoms with Crippen LogP contribution in [0, 0.1) is 5.92 Å². The molecule has 2 fully saturated rings. The Morgan fingerprint density at radius 3 is 2.59 bits per heavy atom. The van der Waals surface area contributed by atoms with Crippen molar-refractivity contribution in [3.05, 3.63) is 54.0 Å². The lowest BCUT2D eigenvalue weighted by Gasteiger charge is -2.37. The van der Waals surface area contributed by atoms with Gasteiger partial charge in [-0.1, -0.05) is 12.1 Å². The molecule has 8 nitrogen and oxygen atoms in total. The number of ether oxygens (including phenoxy) is 1. The van der Waals surface area contributed by atoms with Gasteiger partial charge in [-0.15, -0.1) is 0 Å². The second kappa shape index (κ2) is 9.83. The van der Waals surface area contributed by atoms with Crippen molar-refractivity contribution in [3.8, 4) is 5.75 Å². The van der Waals surface area contributed by atoms with Crippen molar-refractivity contribution in [2.75, 3.05) is 33.3 Å². The van der Waals surface area contributed by atoms with Crippen LogP contribution in [0.5, 0.6) is 5.75 Å². The fourth-order valence-electron chi connectivity index (χ4n) is 5.12. The van der Waals surface area contributed by atoms with E-state index in [0.717, 1.165) is 73.6 Å². The van der Waals surface area contributed by atoms with E-state index in [4.69, 9.17) is 4.74 Å². The van der Waals surface area contributed by atoms with Gasteiger partial charge in [0.15, 0.2) is 5.65 Å². The molecule has 1 unspecified atom stereocenters. The molecular formula is C26H31N5O3. The van der Waals surface area contributed by atoms with Crippen molar-refractivity contribution in [2.24, 2.45) is 5.92 Å². The third-order valence-electron chi connectivity index (χ3n) is 7.11. The van der Waals surface area contributed by atoms with Gasteiger partial charge < -0.3 is 19.5 Å². The molecule has 1 aromatic carbocycles. The number of hydrogen-bond donors (Lipinski definition) is 1. The van der Waals surface area contributed by atoms with Crippen LogP contribution >= 0.6 is 0 Å². The van der Waals surface area contributed by atoms with Crippen molar-refractivity contribution < 1.29 is 14.3 Å². The van der Waals surface area contributed by atoms with Crippen molar-refractivity contribution in [1.82, 2.24) is 24.8 Å². The highest BCUT2D eigenvalue weighted by Gasteiger charge is 2.33. The number of carbonyl (C=O) groups excluding carboxylic acids is 2. The Balaban J connectivity index is 1.15. The minimum atomic E-state index is -0.111. The summed E-state index contributed by atoms with van der Waals surface area (Å²) >= 11 is 0. The van der Waals surface area contributed by atoms with E-state index in [2.05, 4.69) is 15.0 Å². The molecule has 0 aliphatic carbocycles. The molecule has 3 aromatic rings. The number of H-pyrrole nitrogens is 1. The lowest BCUT2D eigenvalue weighted by molar-refractivity contribution is -0.141. The number of piperidine rings is 2. The Kier molecular flexibility index (Phi) is 6.47. The standard InChI is InChI=1S/C26H31N5O3/c1-34-21-8-6-18(7-9-21)16-23(32)31-13-3-4-20(17-31)26(33)30-14-10-19(11-15-30)24-28-22-5-2-12-27-25(22)29-24/h2,5-9,12,19-20H,3-4,10-11,13-17H2,1H3,(H,27,28,29). The number of methoxy groups -OCH3 is 1. The summed E-state index contributed by atoms with van der Waals surface area (Å²) in [6.45, 7) is 2.69. The fourth-order valence-corrected chi connectivity index (χ4v) is 5.12. The first-order valence-corrected chi connectivity index (χ1v) is 12.1.